The van der Waals surface area contributed by atoms with E-state index in [1.165, 1.54) is 6.42 Å². The molecule has 0 radical (unpaired) electrons. The van der Waals surface area contributed by atoms with Gasteiger partial charge in [0.05, 0.1) is 30.1 Å². The molecule has 39 heavy (non-hydrogen) atoms. The van der Waals surface area contributed by atoms with Gasteiger partial charge in [-0.05, 0) is 79.2 Å². The summed E-state index contributed by atoms with van der Waals surface area (Å²) in [6, 6.07) is 15.7. The Bertz CT molecular complexity index is 1190. The molecular formula is C31H40BClN2O4. The number of amides is 2. The van der Waals surface area contributed by atoms with Gasteiger partial charge in [0.2, 0.25) is 5.91 Å². The molecule has 1 heterocycles. The molecule has 4 aliphatic rings. The van der Waals surface area contributed by atoms with Crippen molar-refractivity contribution in [2.75, 3.05) is 0 Å². The first-order chi connectivity index (χ1) is 18.5. The molecule has 0 spiro atoms. The van der Waals surface area contributed by atoms with Gasteiger partial charge in [0.25, 0.3) is 5.91 Å². The maximum Gasteiger partial charge on any atom is 0.481 e. The molecule has 3 unspecified atom stereocenters. The lowest BCUT2D eigenvalue weighted by atomic mass is 9.45. The van der Waals surface area contributed by atoms with Gasteiger partial charge in [-0.2, -0.15) is 0 Å². The molecule has 1 saturated heterocycles. The van der Waals surface area contributed by atoms with E-state index in [0.717, 1.165) is 18.4 Å². The minimum Gasteiger partial charge on any atom is -0.404 e. The minimum absolute atomic E-state index is 0.0426. The summed E-state index contributed by atoms with van der Waals surface area (Å²) in [5, 5.41) is 6.87. The Balaban J connectivity index is 1.30. The van der Waals surface area contributed by atoms with Gasteiger partial charge < -0.3 is 19.9 Å². The Morgan fingerprint density at radius 1 is 1.05 bits per heavy atom. The third kappa shape index (κ3) is 5.77. The van der Waals surface area contributed by atoms with Crippen molar-refractivity contribution in [3.05, 3.63) is 70.7 Å². The number of rotatable bonds is 9. The second kappa shape index (κ2) is 10.9. The lowest BCUT2D eigenvalue weighted by Gasteiger charge is -2.63. The highest BCUT2D eigenvalue weighted by Crippen LogP contribution is 2.64. The number of hydrogen-bond acceptors (Lipinski definition) is 4. The van der Waals surface area contributed by atoms with Crippen molar-refractivity contribution in [2.45, 2.75) is 84.0 Å². The summed E-state index contributed by atoms with van der Waals surface area (Å²) < 4.78 is 13.2. The third-order valence-corrected chi connectivity index (χ3v) is 9.49. The molecular weight excluding hydrogens is 511 g/mol. The Kier molecular flexibility index (Phi) is 7.89. The predicted molar refractivity (Wildman–Crippen MR) is 154 cm³/mol. The summed E-state index contributed by atoms with van der Waals surface area (Å²) in [7, 11) is -0.491. The summed E-state index contributed by atoms with van der Waals surface area (Å²) >= 11 is 6.11. The van der Waals surface area contributed by atoms with E-state index in [9.17, 15) is 9.59 Å². The Hall–Kier alpha value is -2.35. The van der Waals surface area contributed by atoms with Gasteiger partial charge in [0.15, 0.2) is 0 Å². The van der Waals surface area contributed by atoms with Crippen molar-refractivity contribution in [1.29, 1.82) is 0 Å². The SMILES string of the molecule is CC(C)C[C@H](NC(=O)CC(NC(=O)c1ccccc1)c1ccc(Cl)cc1)B1O[C@H]2C3CC(C[C@]2(C)O1)C3(C)C. The van der Waals surface area contributed by atoms with Crippen LogP contribution in [-0.2, 0) is 14.1 Å². The van der Waals surface area contributed by atoms with E-state index in [1.807, 2.05) is 30.3 Å². The quantitative estimate of drug-likeness (QED) is 0.376. The smallest absolute Gasteiger partial charge is 0.404 e. The standard InChI is InChI=1S/C31H40BClN2O4/c1-19(2)15-26(32-38-28-24-16-22(30(24,3)4)18-31(28,5)39-32)35-27(36)17-25(20-11-13-23(33)14-12-20)34-29(37)21-9-7-6-8-10-21/h6-14,19,22,24-26,28H,15-18H2,1-5H3,(H,34,37)(H,35,36)/t22?,24?,25?,26-,28-,31-/m0/s1. The van der Waals surface area contributed by atoms with Crippen molar-refractivity contribution >= 4 is 30.5 Å². The van der Waals surface area contributed by atoms with Crippen LogP contribution in [0.3, 0.4) is 0 Å². The van der Waals surface area contributed by atoms with Crippen LogP contribution in [0.25, 0.3) is 0 Å². The summed E-state index contributed by atoms with van der Waals surface area (Å²) in [5.41, 5.74) is 1.30. The Labute approximate surface area is 237 Å². The zero-order valence-electron chi connectivity index (χ0n) is 23.6. The molecule has 8 heteroatoms. The fraction of sp³-hybridized carbons (Fsp3) is 0.548. The minimum atomic E-state index is -0.520. The number of benzene rings is 2. The van der Waals surface area contributed by atoms with E-state index in [1.54, 1.807) is 24.3 Å². The van der Waals surface area contributed by atoms with E-state index >= 15 is 0 Å². The van der Waals surface area contributed by atoms with Gasteiger partial charge in [-0.25, -0.2) is 0 Å². The summed E-state index contributed by atoms with van der Waals surface area (Å²) in [6.07, 6.45) is 3.04. The first-order valence-electron chi connectivity index (χ1n) is 14.2. The number of carbonyl (C=O) groups is 2. The molecule has 2 N–H and O–H groups in total. The Morgan fingerprint density at radius 2 is 1.74 bits per heavy atom. The molecule has 4 fully saturated rings. The van der Waals surface area contributed by atoms with E-state index in [2.05, 4.69) is 45.3 Å². The number of nitrogens with one attached hydrogen (secondary N) is 2. The predicted octanol–water partition coefficient (Wildman–Crippen LogP) is 6.00. The second-order valence-corrected chi connectivity index (χ2v) is 13.3. The van der Waals surface area contributed by atoms with Crippen LogP contribution in [0.1, 0.15) is 82.3 Å². The van der Waals surface area contributed by atoms with Gasteiger partial charge in [-0.3, -0.25) is 9.59 Å². The fourth-order valence-corrected chi connectivity index (χ4v) is 7.02. The van der Waals surface area contributed by atoms with Crippen molar-refractivity contribution < 1.29 is 18.9 Å². The molecule has 0 aromatic heterocycles. The molecule has 6 rings (SSSR count). The highest BCUT2D eigenvalue weighted by Gasteiger charge is 2.67. The maximum absolute atomic E-state index is 13.5. The van der Waals surface area contributed by atoms with Gasteiger partial charge >= 0.3 is 7.12 Å². The fourth-order valence-electron chi connectivity index (χ4n) is 6.89. The first-order valence-corrected chi connectivity index (χ1v) is 14.6. The molecule has 3 saturated carbocycles. The van der Waals surface area contributed by atoms with Crippen LogP contribution in [0.4, 0.5) is 0 Å². The molecule has 2 bridgehead atoms. The van der Waals surface area contributed by atoms with Crippen LogP contribution < -0.4 is 10.6 Å². The van der Waals surface area contributed by atoms with E-state index in [0.29, 0.717) is 28.3 Å². The molecule has 2 aromatic rings. The second-order valence-electron chi connectivity index (χ2n) is 12.9. The molecule has 2 aromatic carbocycles. The largest absolute Gasteiger partial charge is 0.481 e. The lowest BCUT2D eigenvalue weighted by Crippen LogP contribution is -2.63. The molecule has 3 aliphatic carbocycles. The molecule has 208 valence electrons. The number of hydrogen-bond donors (Lipinski definition) is 2. The van der Waals surface area contributed by atoms with Gasteiger partial charge in [-0.1, -0.05) is 69.6 Å². The molecule has 6 nitrogen and oxygen atoms in total. The highest BCUT2D eigenvalue weighted by atomic mass is 35.5. The van der Waals surface area contributed by atoms with Crippen LogP contribution >= 0.6 is 11.6 Å². The van der Waals surface area contributed by atoms with Gasteiger partial charge in [-0.15, -0.1) is 0 Å². The first kappa shape index (κ1) is 28.2. The average Bonchev–Trinajstić information content (AvgIpc) is 3.26. The molecule has 2 amide bonds. The summed E-state index contributed by atoms with van der Waals surface area (Å²) in [4.78, 5) is 26.5. The average molecular weight is 551 g/mol. The Morgan fingerprint density at radius 3 is 2.38 bits per heavy atom. The van der Waals surface area contributed by atoms with E-state index in [4.69, 9.17) is 20.9 Å². The molecule has 1 aliphatic heterocycles. The van der Waals surface area contributed by atoms with Crippen LogP contribution in [0, 0.1) is 23.2 Å². The van der Waals surface area contributed by atoms with Crippen LogP contribution in [0.5, 0.6) is 0 Å². The highest BCUT2D eigenvalue weighted by molar-refractivity contribution is 6.47. The lowest BCUT2D eigenvalue weighted by molar-refractivity contribution is -0.185. The summed E-state index contributed by atoms with van der Waals surface area (Å²) in [5.74, 6) is 0.791. The van der Waals surface area contributed by atoms with Gasteiger partial charge in [0.1, 0.15) is 0 Å². The number of carbonyl (C=O) groups excluding carboxylic acids is 2. The van der Waals surface area contributed by atoms with Crippen molar-refractivity contribution in [3.63, 3.8) is 0 Å². The summed E-state index contributed by atoms with van der Waals surface area (Å²) in [6.45, 7) is 11.1. The van der Waals surface area contributed by atoms with E-state index in [-0.39, 0.29) is 41.3 Å². The maximum atomic E-state index is 13.5. The third-order valence-electron chi connectivity index (χ3n) is 9.23. The van der Waals surface area contributed by atoms with Crippen molar-refractivity contribution in [1.82, 2.24) is 10.6 Å². The van der Waals surface area contributed by atoms with Crippen molar-refractivity contribution in [2.24, 2.45) is 23.2 Å². The van der Waals surface area contributed by atoms with Crippen LogP contribution in [0.2, 0.25) is 5.02 Å². The van der Waals surface area contributed by atoms with Crippen molar-refractivity contribution in [3.8, 4) is 0 Å². The monoisotopic (exact) mass is 550 g/mol. The van der Waals surface area contributed by atoms with Crippen LogP contribution in [-0.4, -0.2) is 36.6 Å². The van der Waals surface area contributed by atoms with Gasteiger partial charge in [0, 0.05) is 10.6 Å². The topological polar surface area (TPSA) is 76.7 Å². The normalized spacial score (nSPS) is 28.3. The van der Waals surface area contributed by atoms with Crippen LogP contribution in [0.15, 0.2) is 54.6 Å². The zero-order chi connectivity index (χ0) is 27.9. The molecule has 6 atom stereocenters. The van der Waals surface area contributed by atoms with E-state index < -0.39 is 13.2 Å². The zero-order valence-corrected chi connectivity index (χ0v) is 24.3. The number of halogens is 1.